The van der Waals surface area contributed by atoms with E-state index in [-0.39, 0.29) is 0 Å². The number of unbranched alkanes of at least 4 members (excludes halogenated alkanes) is 4. The molecule has 1 heteroatoms. The van der Waals surface area contributed by atoms with Crippen molar-refractivity contribution in [2.75, 3.05) is 6.61 Å². The van der Waals surface area contributed by atoms with E-state index in [2.05, 4.69) is 27.7 Å². The van der Waals surface area contributed by atoms with Gasteiger partial charge < -0.3 is 5.11 Å². The van der Waals surface area contributed by atoms with Gasteiger partial charge in [-0.15, -0.1) is 0 Å². The molecule has 0 aliphatic rings. The van der Waals surface area contributed by atoms with Gasteiger partial charge in [-0.05, 0) is 17.8 Å². The molecule has 0 radical (unpaired) electrons. The smallest absolute Gasteiger partial charge is 0.0431 e. The molecule has 0 heterocycles. The lowest BCUT2D eigenvalue weighted by atomic mass is 9.79. The zero-order chi connectivity index (χ0) is 11.0. The molecule has 0 aliphatic carbocycles. The lowest BCUT2D eigenvalue weighted by Crippen LogP contribution is -2.16. The first-order valence-corrected chi connectivity index (χ1v) is 6.09. The maximum absolute atomic E-state index is 8.62. The molecule has 14 heavy (non-hydrogen) atoms. The van der Waals surface area contributed by atoms with Gasteiger partial charge in [0, 0.05) is 6.61 Å². The topological polar surface area (TPSA) is 20.2 Å². The van der Waals surface area contributed by atoms with E-state index in [0.29, 0.717) is 12.0 Å². The summed E-state index contributed by atoms with van der Waals surface area (Å²) in [5.41, 5.74) is 0.463. The lowest BCUT2D eigenvalue weighted by Gasteiger charge is -2.27. The molecule has 0 amide bonds. The average molecular weight is 200 g/mol. The van der Waals surface area contributed by atoms with Crippen LogP contribution in [0.5, 0.6) is 0 Å². The van der Waals surface area contributed by atoms with Crippen LogP contribution in [0.25, 0.3) is 0 Å². The Labute approximate surface area is 89.9 Å². The molecule has 0 spiro atoms. The van der Waals surface area contributed by atoms with E-state index < -0.39 is 0 Å². The molecule has 0 aromatic heterocycles. The van der Waals surface area contributed by atoms with Gasteiger partial charge in [0.25, 0.3) is 0 Å². The minimum absolute atomic E-state index is 0.360. The fraction of sp³-hybridized carbons (Fsp3) is 1.00. The Balaban J connectivity index is 3.28. The quantitative estimate of drug-likeness (QED) is 0.616. The van der Waals surface area contributed by atoms with Gasteiger partial charge in [-0.25, -0.2) is 0 Å². The zero-order valence-corrected chi connectivity index (χ0v) is 10.5. The molecular formula is C13H28O. The van der Waals surface area contributed by atoms with Crippen LogP contribution < -0.4 is 0 Å². The maximum atomic E-state index is 8.62. The van der Waals surface area contributed by atoms with Gasteiger partial charge >= 0.3 is 0 Å². The van der Waals surface area contributed by atoms with Crippen molar-refractivity contribution >= 4 is 0 Å². The predicted molar refractivity (Wildman–Crippen MR) is 63.4 cm³/mol. The first kappa shape index (κ1) is 14.0. The second-order valence-corrected chi connectivity index (χ2v) is 5.55. The Hall–Kier alpha value is -0.0400. The summed E-state index contributed by atoms with van der Waals surface area (Å²) in [6, 6.07) is 0. The summed E-state index contributed by atoms with van der Waals surface area (Å²) in [5, 5.41) is 8.62. The van der Waals surface area contributed by atoms with Gasteiger partial charge in [-0.3, -0.25) is 0 Å². The summed E-state index contributed by atoms with van der Waals surface area (Å²) in [6.07, 6.45) is 7.50. The largest absolute Gasteiger partial charge is 0.396 e. The molecule has 0 saturated heterocycles. The molecule has 0 rings (SSSR count). The molecule has 0 bridgehead atoms. The zero-order valence-electron chi connectivity index (χ0n) is 10.5. The van der Waals surface area contributed by atoms with E-state index in [9.17, 15) is 0 Å². The summed E-state index contributed by atoms with van der Waals surface area (Å²) >= 11 is 0. The normalized spacial score (nSPS) is 14.4. The van der Waals surface area contributed by atoms with Gasteiger partial charge in [0.1, 0.15) is 0 Å². The number of hydrogen-bond acceptors (Lipinski definition) is 1. The third-order valence-electron chi connectivity index (χ3n) is 3.27. The summed E-state index contributed by atoms with van der Waals surface area (Å²) in [5.74, 6) is 0.820. The van der Waals surface area contributed by atoms with Crippen molar-refractivity contribution in [3.8, 4) is 0 Å². The van der Waals surface area contributed by atoms with E-state index >= 15 is 0 Å². The first-order valence-electron chi connectivity index (χ1n) is 6.09. The van der Waals surface area contributed by atoms with E-state index in [1.807, 2.05) is 0 Å². The minimum Gasteiger partial charge on any atom is -0.396 e. The molecule has 1 atom stereocenters. The molecule has 0 fully saturated rings. The van der Waals surface area contributed by atoms with Crippen LogP contribution in [0.2, 0.25) is 0 Å². The highest BCUT2D eigenvalue weighted by molar-refractivity contribution is 4.69. The van der Waals surface area contributed by atoms with Crippen molar-refractivity contribution in [2.45, 2.75) is 66.2 Å². The fourth-order valence-corrected chi connectivity index (χ4v) is 1.53. The van der Waals surface area contributed by atoms with Crippen LogP contribution in [0, 0.1) is 11.3 Å². The van der Waals surface area contributed by atoms with Gasteiger partial charge in [-0.1, -0.05) is 59.8 Å². The van der Waals surface area contributed by atoms with Crippen LogP contribution in [0.15, 0.2) is 0 Å². The summed E-state index contributed by atoms with van der Waals surface area (Å²) in [7, 11) is 0. The third-order valence-corrected chi connectivity index (χ3v) is 3.27. The van der Waals surface area contributed by atoms with E-state index in [1.165, 1.54) is 32.1 Å². The van der Waals surface area contributed by atoms with E-state index in [4.69, 9.17) is 5.11 Å². The molecule has 0 aliphatic heterocycles. The summed E-state index contributed by atoms with van der Waals surface area (Å²) in [4.78, 5) is 0. The van der Waals surface area contributed by atoms with Crippen molar-refractivity contribution in [3.63, 3.8) is 0 Å². The van der Waals surface area contributed by atoms with Gasteiger partial charge in [0.05, 0.1) is 0 Å². The maximum Gasteiger partial charge on any atom is 0.0431 e. The Kier molecular flexibility index (Phi) is 7.26. The molecule has 0 aromatic rings. The highest BCUT2D eigenvalue weighted by atomic mass is 16.2. The van der Waals surface area contributed by atoms with Crippen molar-refractivity contribution in [2.24, 2.45) is 11.3 Å². The fourth-order valence-electron chi connectivity index (χ4n) is 1.53. The minimum atomic E-state index is 0.360. The van der Waals surface area contributed by atoms with Gasteiger partial charge in [-0.2, -0.15) is 0 Å². The van der Waals surface area contributed by atoms with Crippen molar-refractivity contribution in [3.05, 3.63) is 0 Å². The number of hydrogen-bond donors (Lipinski definition) is 1. The van der Waals surface area contributed by atoms with E-state index in [1.54, 1.807) is 0 Å². The second-order valence-electron chi connectivity index (χ2n) is 5.55. The molecule has 1 N–H and O–H groups in total. The molecule has 86 valence electrons. The highest BCUT2D eigenvalue weighted by Gasteiger charge is 2.18. The van der Waals surface area contributed by atoms with Crippen LogP contribution in [0.3, 0.4) is 0 Å². The van der Waals surface area contributed by atoms with Crippen LogP contribution >= 0.6 is 0 Å². The Morgan fingerprint density at radius 2 is 1.43 bits per heavy atom. The third kappa shape index (κ3) is 7.37. The summed E-state index contributed by atoms with van der Waals surface area (Å²) < 4.78 is 0. The SMILES string of the molecule is CC(CCCCCCCO)C(C)(C)C. The number of aliphatic hydroxyl groups is 1. The average Bonchev–Trinajstić information content (AvgIpc) is 2.09. The molecule has 0 aromatic carbocycles. The van der Waals surface area contributed by atoms with Crippen molar-refractivity contribution in [1.29, 1.82) is 0 Å². The lowest BCUT2D eigenvalue weighted by molar-refractivity contribution is 0.239. The predicted octanol–water partition coefficient (Wildman–Crippen LogP) is 4.00. The molecule has 1 nitrogen and oxygen atoms in total. The summed E-state index contributed by atoms with van der Waals surface area (Å²) in [6.45, 7) is 9.68. The second kappa shape index (κ2) is 7.28. The number of aliphatic hydroxyl groups excluding tert-OH is 1. The first-order chi connectivity index (χ1) is 6.48. The monoisotopic (exact) mass is 200 g/mol. The van der Waals surface area contributed by atoms with Crippen LogP contribution in [0.1, 0.15) is 66.2 Å². The van der Waals surface area contributed by atoms with Crippen molar-refractivity contribution < 1.29 is 5.11 Å². The Morgan fingerprint density at radius 1 is 0.929 bits per heavy atom. The molecule has 1 unspecified atom stereocenters. The highest BCUT2D eigenvalue weighted by Crippen LogP contribution is 2.29. The van der Waals surface area contributed by atoms with Crippen LogP contribution in [-0.4, -0.2) is 11.7 Å². The van der Waals surface area contributed by atoms with E-state index in [0.717, 1.165) is 12.3 Å². The van der Waals surface area contributed by atoms with Gasteiger partial charge in [0.2, 0.25) is 0 Å². The molecule has 0 saturated carbocycles. The van der Waals surface area contributed by atoms with Crippen molar-refractivity contribution in [1.82, 2.24) is 0 Å². The van der Waals surface area contributed by atoms with Crippen LogP contribution in [-0.2, 0) is 0 Å². The Bertz CT molecular complexity index is 124. The molecular weight excluding hydrogens is 172 g/mol. The Morgan fingerprint density at radius 3 is 1.93 bits per heavy atom. The van der Waals surface area contributed by atoms with Gasteiger partial charge in [0.15, 0.2) is 0 Å². The van der Waals surface area contributed by atoms with Crippen LogP contribution in [0.4, 0.5) is 0 Å². The standard InChI is InChI=1S/C13H28O/c1-12(13(2,3)4)10-8-6-5-7-9-11-14/h12,14H,5-11H2,1-4H3. The number of rotatable bonds is 7.